The Morgan fingerprint density at radius 3 is 3.04 bits per heavy atom. The minimum Gasteiger partial charge on any atom is -0.501 e. The van der Waals surface area contributed by atoms with E-state index < -0.39 is 21.8 Å². The lowest BCUT2D eigenvalue weighted by Gasteiger charge is -2.54. The second-order valence-electron chi connectivity index (χ2n) is 7.27. The second kappa shape index (κ2) is 4.59. The topological polar surface area (TPSA) is 102 Å². The molecule has 2 aliphatic heterocycles. The molecule has 0 amide bonds. The lowest BCUT2D eigenvalue weighted by atomic mass is 9.54. The van der Waals surface area contributed by atoms with Gasteiger partial charge in [0, 0.05) is 17.5 Å². The number of hydrogen-bond acceptors (Lipinski definition) is 6. The summed E-state index contributed by atoms with van der Waals surface area (Å²) < 4.78 is 33.9. The molecule has 0 radical (unpaired) electrons. The average molecular weight is 362 g/mol. The van der Waals surface area contributed by atoms with E-state index in [1.165, 1.54) is 0 Å². The Balaban J connectivity index is 1.78. The van der Waals surface area contributed by atoms with Gasteiger partial charge in [-0.15, -0.1) is 0 Å². The van der Waals surface area contributed by atoms with Crippen LogP contribution in [0.2, 0.25) is 0 Å². The van der Waals surface area contributed by atoms with Crippen molar-refractivity contribution in [1.82, 2.24) is 4.90 Å². The zero-order valence-electron chi connectivity index (χ0n) is 13.6. The Morgan fingerprint density at radius 2 is 2.28 bits per heavy atom. The van der Waals surface area contributed by atoms with Crippen LogP contribution in [0.1, 0.15) is 17.5 Å². The first-order valence-electron chi connectivity index (χ1n) is 8.22. The Bertz CT molecular complexity index is 965. The van der Waals surface area contributed by atoms with Crippen molar-refractivity contribution in [2.24, 2.45) is 11.1 Å². The van der Waals surface area contributed by atoms with Crippen LogP contribution in [-0.2, 0) is 22.1 Å². The molecule has 1 fully saturated rings. The summed E-state index contributed by atoms with van der Waals surface area (Å²) >= 11 is 0. The summed E-state index contributed by atoms with van der Waals surface area (Å²) in [7, 11) is -2.06. The van der Waals surface area contributed by atoms with Crippen molar-refractivity contribution < 1.29 is 22.4 Å². The van der Waals surface area contributed by atoms with Gasteiger partial charge in [-0.1, -0.05) is 11.8 Å². The van der Waals surface area contributed by atoms with Crippen LogP contribution in [0.15, 0.2) is 29.7 Å². The van der Waals surface area contributed by atoms with Crippen molar-refractivity contribution in [2.45, 2.75) is 30.4 Å². The maximum atomic E-state index is 11.4. The molecule has 4 aliphatic rings. The van der Waals surface area contributed by atoms with E-state index in [1.807, 2.05) is 12.1 Å². The van der Waals surface area contributed by atoms with Crippen LogP contribution in [0.5, 0.6) is 11.5 Å². The number of aliphatic hydroxyl groups excluding tert-OH is 1. The molecule has 2 bridgehead atoms. The van der Waals surface area contributed by atoms with Gasteiger partial charge in [0.1, 0.15) is 0 Å². The molecule has 2 aliphatic carbocycles. The SMILES string of the molecule is CN1CC[C@]23c4c5ccc(OS(N)(=O)=O)c4O[C@H]2C(O)=C=C[C@H]3[C@H]1C5. The molecule has 1 aromatic rings. The van der Waals surface area contributed by atoms with E-state index >= 15 is 0 Å². The lowest BCUT2D eigenvalue weighted by molar-refractivity contribution is 0.00252. The van der Waals surface area contributed by atoms with Crippen LogP contribution in [0.25, 0.3) is 0 Å². The summed E-state index contributed by atoms with van der Waals surface area (Å²) in [6.07, 6.45) is 3.01. The van der Waals surface area contributed by atoms with Crippen molar-refractivity contribution in [3.63, 3.8) is 0 Å². The minimum absolute atomic E-state index is 0.0464. The van der Waals surface area contributed by atoms with Crippen molar-refractivity contribution in [3.05, 3.63) is 40.8 Å². The quantitative estimate of drug-likeness (QED) is 0.753. The molecule has 0 saturated carbocycles. The third-order valence-corrected chi connectivity index (χ3v) is 6.54. The molecule has 2 heterocycles. The van der Waals surface area contributed by atoms with E-state index in [2.05, 4.69) is 17.7 Å². The molecular weight excluding hydrogens is 344 g/mol. The maximum absolute atomic E-state index is 11.4. The zero-order chi connectivity index (χ0) is 17.6. The highest BCUT2D eigenvalue weighted by atomic mass is 32.2. The first-order valence-corrected chi connectivity index (χ1v) is 9.69. The highest BCUT2D eigenvalue weighted by Gasteiger charge is 2.64. The monoisotopic (exact) mass is 362 g/mol. The molecule has 132 valence electrons. The van der Waals surface area contributed by atoms with E-state index in [0.29, 0.717) is 11.8 Å². The number of aliphatic hydroxyl groups is 1. The Kier molecular flexibility index (Phi) is 2.81. The number of hydrogen-bond donors (Lipinski definition) is 2. The smallest absolute Gasteiger partial charge is 0.380 e. The molecule has 1 aromatic carbocycles. The van der Waals surface area contributed by atoms with Crippen molar-refractivity contribution in [1.29, 1.82) is 0 Å². The Hall–Kier alpha value is -1.99. The molecule has 3 N–H and O–H groups in total. The average Bonchev–Trinajstić information content (AvgIpc) is 2.88. The van der Waals surface area contributed by atoms with Gasteiger partial charge in [0.2, 0.25) is 0 Å². The number of nitrogens with zero attached hydrogens (tertiary/aromatic N) is 1. The van der Waals surface area contributed by atoms with Gasteiger partial charge in [-0.2, -0.15) is 13.6 Å². The van der Waals surface area contributed by atoms with Crippen LogP contribution in [0, 0.1) is 5.92 Å². The predicted molar refractivity (Wildman–Crippen MR) is 88.7 cm³/mol. The number of likely N-dealkylation sites (N-methyl/N-ethyl adjacent to an activating group) is 1. The fraction of sp³-hybridized carbons (Fsp3) is 0.471. The number of rotatable bonds is 2. The summed E-state index contributed by atoms with van der Waals surface area (Å²) in [5.74, 6) is 0.651. The number of piperidine rings is 1. The minimum atomic E-state index is -4.17. The van der Waals surface area contributed by atoms with Crippen LogP contribution < -0.4 is 14.1 Å². The molecular formula is C17H18N2O5S. The molecule has 5 rings (SSSR count). The van der Waals surface area contributed by atoms with Crippen molar-refractivity contribution in [2.75, 3.05) is 13.6 Å². The van der Waals surface area contributed by atoms with Gasteiger partial charge >= 0.3 is 10.3 Å². The van der Waals surface area contributed by atoms with Crippen LogP contribution in [0.3, 0.4) is 0 Å². The molecule has 0 unspecified atom stereocenters. The highest BCUT2D eigenvalue weighted by molar-refractivity contribution is 7.84. The van der Waals surface area contributed by atoms with E-state index in [9.17, 15) is 13.5 Å². The van der Waals surface area contributed by atoms with Crippen molar-refractivity contribution >= 4 is 10.3 Å². The van der Waals surface area contributed by atoms with E-state index in [4.69, 9.17) is 14.1 Å². The molecule has 8 heteroatoms. The van der Waals surface area contributed by atoms with Gasteiger partial charge < -0.3 is 18.9 Å². The normalized spacial score (nSPS) is 35.0. The highest BCUT2D eigenvalue weighted by Crippen LogP contribution is 2.62. The molecule has 4 atom stereocenters. The molecule has 1 saturated heterocycles. The lowest BCUT2D eigenvalue weighted by Crippen LogP contribution is -2.62. The van der Waals surface area contributed by atoms with Gasteiger partial charge in [0.05, 0.1) is 5.41 Å². The van der Waals surface area contributed by atoms with Gasteiger partial charge in [-0.05, 0) is 44.1 Å². The summed E-state index contributed by atoms with van der Waals surface area (Å²) in [6.45, 7) is 0.876. The zero-order valence-corrected chi connectivity index (χ0v) is 14.4. The number of likely N-dealkylation sites (tertiary alicyclic amines) is 1. The van der Waals surface area contributed by atoms with E-state index in [-0.39, 0.29) is 17.4 Å². The Labute approximate surface area is 145 Å². The van der Waals surface area contributed by atoms with Gasteiger partial charge in [-0.25, -0.2) is 0 Å². The maximum Gasteiger partial charge on any atom is 0.380 e. The summed E-state index contributed by atoms with van der Waals surface area (Å²) in [5.41, 5.74) is 4.59. The second-order valence-corrected chi connectivity index (χ2v) is 8.42. The summed E-state index contributed by atoms with van der Waals surface area (Å²) in [5, 5.41) is 15.5. The first kappa shape index (κ1) is 15.3. The molecule has 0 aromatic heterocycles. The van der Waals surface area contributed by atoms with Crippen LogP contribution in [-0.4, -0.2) is 44.2 Å². The van der Waals surface area contributed by atoms with E-state index in [1.54, 1.807) is 6.07 Å². The summed E-state index contributed by atoms with van der Waals surface area (Å²) in [4.78, 5) is 2.34. The summed E-state index contributed by atoms with van der Waals surface area (Å²) in [6, 6.07) is 3.76. The standard InChI is InChI=1S/C17H18N2O5S/c1-19-7-6-17-10-3-4-12(20)16(17)23-15-13(24-25(18,21)22)5-2-9(14(15)17)8-11(10)19/h2-3,5,10-11,16,20H,6-8H2,1H3,(H2,18,21,22)/t10-,11+,16-,17-/m0/s1. The largest absolute Gasteiger partial charge is 0.501 e. The fourth-order valence-electron chi connectivity index (χ4n) is 5.17. The molecule has 1 spiro atoms. The van der Waals surface area contributed by atoms with Crippen molar-refractivity contribution in [3.8, 4) is 11.5 Å². The first-order chi connectivity index (χ1) is 11.8. The fourth-order valence-corrected chi connectivity index (χ4v) is 5.56. The number of benzene rings is 1. The number of ether oxygens (including phenoxy) is 1. The predicted octanol–water partition coefficient (Wildman–Crippen LogP) is 0.755. The van der Waals surface area contributed by atoms with Gasteiger partial charge in [-0.3, -0.25) is 0 Å². The Morgan fingerprint density at radius 1 is 1.48 bits per heavy atom. The molecule has 25 heavy (non-hydrogen) atoms. The van der Waals surface area contributed by atoms with Crippen LogP contribution >= 0.6 is 0 Å². The molecule has 7 nitrogen and oxygen atoms in total. The van der Waals surface area contributed by atoms with Gasteiger partial charge in [0.15, 0.2) is 23.4 Å². The third kappa shape index (κ3) is 1.85. The number of nitrogens with two attached hydrogens (primary N) is 1. The van der Waals surface area contributed by atoms with E-state index in [0.717, 1.165) is 30.5 Å². The van der Waals surface area contributed by atoms with Gasteiger partial charge in [0.25, 0.3) is 0 Å². The third-order valence-electron chi connectivity index (χ3n) is 6.12. The van der Waals surface area contributed by atoms with Crippen LogP contribution in [0.4, 0.5) is 0 Å².